The van der Waals surface area contributed by atoms with Gasteiger partial charge in [0.05, 0.1) is 5.52 Å². The van der Waals surface area contributed by atoms with Gasteiger partial charge >= 0.3 is 6.30 Å². The van der Waals surface area contributed by atoms with Gasteiger partial charge in [0.1, 0.15) is 6.33 Å². The van der Waals surface area contributed by atoms with Crippen LogP contribution in [0.2, 0.25) is 0 Å². The quantitative estimate of drug-likeness (QED) is 0.754. The molecule has 16 heavy (non-hydrogen) atoms. The van der Waals surface area contributed by atoms with E-state index in [0.29, 0.717) is 5.52 Å². The Morgan fingerprint density at radius 3 is 2.81 bits per heavy atom. The van der Waals surface area contributed by atoms with Gasteiger partial charge in [-0.2, -0.15) is 13.2 Å². The SMILES string of the molecule is O=C(NC(F)(F)F)c1ncn2ccccc12. The molecule has 0 atom stereocenters. The van der Waals surface area contributed by atoms with Crippen molar-refractivity contribution in [1.29, 1.82) is 0 Å². The third-order valence-corrected chi connectivity index (χ3v) is 1.91. The highest BCUT2D eigenvalue weighted by atomic mass is 19.4. The van der Waals surface area contributed by atoms with Crippen LogP contribution in [0.5, 0.6) is 0 Å². The van der Waals surface area contributed by atoms with E-state index in [9.17, 15) is 18.0 Å². The number of alkyl halides is 3. The maximum absolute atomic E-state index is 11.9. The summed E-state index contributed by atoms with van der Waals surface area (Å²) < 4.78 is 37.3. The molecule has 0 bridgehead atoms. The number of nitrogens with zero attached hydrogens (tertiary/aromatic N) is 2. The van der Waals surface area contributed by atoms with Crippen LogP contribution in [0.4, 0.5) is 13.2 Å². The molecule has 84 valence electrons. The highest BCUT2D eigenvalue weighted by Gasteiger charge is 2.31. The Hall–Kier alpha value is -2.05. The van der Waals surface area contributed by atoms with Crippen molar-refractivity contribution in [2.45, 2.75) is 6.30 Å². The Morgan fingerprint density at radius 1 is 1.38 bits per heavy atom. The van der Waals surface area contributed by atoms with E-state index in [1.165, 1.54) is 16.8 Å². The van der Waals surface area contributed by atoms with Crippen molar-refractivity contribution in [1.82, 2.24) is 14.7 Å². The predicted molar refractivity (Wildman–Crippen MR) is 48.7 cm³/mol. The molecule has 1 N–H and O–H groups in total. The lowest BCUT2D eigenvalue weighted by Crippen LogP contribution is -2.37. The lowest BCUT2D eigenvalue weighted by Gasteiger charge is -2.06. The summed E-state index contributed by atoms with van der Waals surface area (Å²) in [6.07, 6.45) is -1.88. The van der Waals surface area contributed by atoms with Crippen LogP contribution in [0.15, 0.2) is 30.7 Å². The highest BCUT2D eigenvalue weighted by Crippen LogP contribution is 2.13. The molecule has 0 saturated carbocycles. The minimum atomic E-state index is -4.75. The Morgan fingerprint density at radius 2 is 2.12 bits per heavy atom. The summed E-state index contributed by atoms with van der Waals surface area (Å²) in [4.78, 5) is 14.9. The number of aromatic nitrogens is 2. The molecule has 0 aliphatic carbocycles. The second kappa shape index (κ2) is 3.51. The van der Waals surface area contributed by atoms with Gasteiger partial charge in [-0.25, -0.2) is 4.98 Å². The van der Waals surface area contributed by atoms with Gasteiger partial charge in [0.2, 0.25) is 0 Å². The summed E-state index contributed by atoms with van der Waals surface area (Å²) in [5, 5.41) is 0.899. The zero-order valence-electron chi connectivity index (χ0n) is 7.82. The number of carbonyl (C=O) groups excluding carboxylic acids is 1. The van der Waals surface area contributed by atoms with E-state index in [4.69, 9.17) is 0 Å². The molecular formula is C9H6F3N3O. The molecule has 0 unspecified atom stereocenters. The van der Waals surface area contributed by atoms with Crippen LogP contribution in [0.25, 0.3) is 5.52 Å². The number of amides is 1. The molecule has 2 aromatic heterocycles. The molecule has 2 rings (SSSR count). The molecule has 2 heterocycles. The van der Waals surface area contributed by atoms with Crippen LogP contribution in [0.3, 0.4) is 0 Å². The van der Waals surface area contributed by atoms with E-state index < -0.39 is 12.2 Å². The summed E-state index contributed by atoms with van der Waals surface area (Å²) in [6.45, 7) is 0. The highest BCUT2D eigenvalue weighted by molar-refractivity contribution is 5.99. The van der Waals surface area contributed by atoms with E-state index in [1.54, 1.807) is 18.3 Å². The van der Waals surface area contributed by atoms with Crippen LogP contribution in [0, 0.1) is 0 Å². The fourth-order valence-corrected chi connectivity index (χ4v) is 1.31. The fourth-order valence-electron chi connectivity index (χ4n) is 1.31. The van der Waals surface area contributed by atoms with Gasteiger partial charge in [-0.3, -0.25) is 10.1 Å². The average molecular weight is 229 g/mol. The molecule has 0 radical (unpaired) electrons. The van der Waals surface area contributed by atoms with Gasteiger partial charge < -0.3 is 4.40 Å². The summed E-state index contributed by atoms with van der Waals surface area (Å²) in [5.74, 6) is -1.26. The monoisotopic (exact) mass is 229 g/mol. The third-order valence-electron chi connectivity index (χ3n) is 1.91. The van der Waals surface area contributed by atoms with Crippen LogP contribution in [-0.4, -0.2) is 21.6 Å². The van der Waals surface area contributed by atoms with Crippen molar-refractivity contribution >= 4 is 11.4 Å². The first-order valence-corrected chi connectivity index (χ1v) is 4.28. The molecule has 0 aliphatic heterocycles. The number of nitrogens with one attached hydrogen (secondary N) is 1. The minimum absolute atomic E-state index is 0.252. The van der Waals surface area contributed by atoms with Gasteiger partial charge in [-0.15, -0.1) is 0 Å². The average Bonchev–Trinajstić information content (AvgIpc) is 2.58. The van der Waals surface area contributed by atoms with Crippen molar-refractivity contribution in [2.24, 2.45) is 0 Å². The first-order valence-electron chi connectivity index (χ1n) is 4.28. The Kier molecular flexibility index (Phi) is 2.30. The molecule has 0 saturated heterocycles. The van der Waals surface area contributed by atoms with Gasteiger partial charge in [0.15, 0.2) is 5.69 Å². The molecule has 0 aromatic carbocycles. The summed E-state index contributed by atoms with van der Waals surface area (Å²) in [5.41, 5.74) is 0.0715. The van der Waals surface area contributed by atoms with E-state index in [0.717, 1.165) is 5.32 Å². The molecule has 0 spiro atoms. The molecule has 4 nitrogen and oxygen atoms in total. The lowest BCUT2D eigenvalue weighted by atomic mass is 10.3. The van der Waals surface area contributed by atoms with Gasteiger partial charge in [0.25, 0.3) is 5.91 Å². The number of rotatable bonds is 1. The summed E-state index contributed by atoms with van der Waals surface area (Å²) in [6, 6.07) is 4.81. The van der Waals surface area contributed by atoms with Gasteiger partial charge in [0, 0.05) is 6.20 Å². The van der Waals surface area contributed by atoms with E-state index in [1.807, 2.05) is 0 Å². The van der Waals surface area contributed by atoms with E-state index in [2.05, 4.69) is 4.98 Å². The third kappa shape index (κ3) is 1.97. The zero-order valence-corrected chi connectivity index (χ0v) is 7.82. The smallest absolute Gasteiger partial charge is 0.305 e. The van der Waals surface area contributed by atoms with Crippen molar-refractivity contribution in [3.63, 3.8) is 0 Å². The number of fused-ring (bicyclic) bond motifs is 1. The normalized spacial score (nSPS) is 11.7. The zero-order chi connectivity index (χ0) is 11.8. The van der Waals surface area contributed by atoms with Crippen molar-refractivity contribution in [3.05, 3.63) is 36.4 Å². The second-order valence-corrected chi connectivity index (χ2v) is 3.04. The number of carbonyl (C=O) groups is 1. The number of halogens is 3. The molecule has 0 fully saturated rings. The van der Waals surface area contributed by atoms with Crippen LogP contribution >= 0.6 is 0 Å². The standard InChI is InChI=1S/C9H6F3N3O/c10-9(11,12)14-8(16)7-6-3-1-2-4-15(6)5-13-7/h1-5H,(H,14,16). The molecule has 0 aliphatic rings. The van der Waals surface area contributed by atoms with Crippen LogP contribution < -0.4 is 5.32 Å². The van der Waals surface area contributed by atoms with E-state index >= 15 is 0 Å². The number of hydrogen-bond donors (Lipinski definition) is 1. The first kappa shape index (κ1) is 10.5. The minimum Gasteiger partial charge on any atom is -0.305 e. The largest absolute Gasteiger partial charge is 0.484 e. The van der Waals surface area contributed by atoms with Crippen molar-refractivity contribution in [3.8, 4) is 0 Å². The van der Waals surface area contributed by atoms with Crippen LogP contribution in [-0.2, 0) is 0 Å². The summed E-state index contributed by atoms with van der Waals surface area (Å²) in [7, 11) is 0. The Bertz CT molecular complexity index is 532. The lowest BCUT2D eigenvalue weighted by molar-refractivity contribution is -0.146. The Labute approximate surface area is 87.7 Å². The first-order chi connectivity index (χ1) is 7.47. The molecular weight excluding hydrogens is 223 g/mol. The van der Waals surface area contributed by atoms with Crippen molar-refractivity contribution < 1.29 is 18.0 Å². The molecule has 2 aromatic rings. The molecule has 1 amide bonds. The maximum atomic E-state index is 11.9. The number of imidazole rings is 1. The molecule has 7 heteroatoms. The number of pyridine rings is 1. The maximum Gasteiger partial charge on any atom is 0.484 e. The summed E-state index contributed by atoms with van der Waals surface area (Å²) >= 11 is 0. The fraction of sp³-hybridized carbons (Fsp3) is 0.111. The van der Waals surface area contributed by atoms with Crippen LogP contribution in [0.1, 0.15) is 10.5 Å². The second-order valence-electron chi connectivity index (χ2n) is 3.04. The van der Waals surface area contributed by atoms with Gasteiger partial charge in [-0.1, -0.05) is 6.07 Å². The topological polar surface area (TPSA) is 46.4 Å². The Balaban J connectivity index is 2.37. The van der Waals surface area contributed by atoms with Gasteiger partial charge in [-0.05, 0) is 12.1 Å². The van der Waals surface area contributed by atoms with Crippen molar-refractivity contribution in [2.75, 3.05) is 0 Å². The predicted octanol–water partition coefficient (Wildman–Crippen LogP) is 1.58. The van der Waals surface area contributed by atoms with E-state index in [-0.39, 0.29) is 5.69 Å². The number of hydrogen-bond acceptors (Lipinski definition) is 2.